The summed E-state index contributed by atoms with van der Waals surface area (Å²) in [4.78, 5) is 2.41. The minimum Gasteiger partial charge on any atom is -0.299 e. The van der Waals surface area contributed by atoms with E-state index in [9.17, 15) is 8.42 Å². The van der Waals surface area contributed by atoms with Gasteiger partial charge < -0.3 is 0 Å². The Morgan fingerprint density at radius 2 is 1.77 bits per heavy atom. The number of benzene rings is 1. The number of piperidine rings is 1. The first-order valence-electron chi connectivity index (χ1n) is 8.11. The van der Waals surface area contributed by atoms with E-state index >= 15 is 0 Å². The molecule has 5 heteroatoms. The quantitative estimate of drug-likeness (QED) is 0.855. The third-order valence-corrected chi connectivity index (χ3v) is 6.81. The van der Waals surface area contributed by atoms with Crippen LogP contribution in [0.1, 0.15) is 32.3 Å². The highest BCUT2D eigenvalue weighted by Crippen LogP contribution is 2.46. The van der Waals surface area contributed by atoms with Gasteiger partial charge in [0.25, 0.3) is 0 Å². The van der Waals surface area contributed by atoms with Gasteiger partial charge in [-0.05, 0) is 38.8 Å². The van der Waals surface area contributed by atoms with Crippen molar-refractivity contribution in [1.29, 1.82) is 0 Å². The summed E-state index contributed by atoms with van der Waals surface area (Å²) in [6.07, 6.45) is 3.31. The van der Waals surface area contributed by atoms with Gasteiger partial charge in [0.2, 0.25) is 10.0 Å². The van der Waals surface area contributed by atoms with E-state index in [-0.39, 0.29) is 11.5 Å². The summed E-state index contributed by atoms with van der Waals surface area (Å²) < 4.78 is 26.2. The molecule has 0 spiro atoms. The molecule has 0 N–H and O–H groups in total. The van der Waals surface area contributed by atoms with Crippen LogP contribution in [0.3, 0.4) is 0 Å². The van der Waals surface area contributed by atoms with E-state index in [1.54, 1.807) is 4.31 Å². The molecule has 2 aliphatic heterocycles. The second kappa shape index (κ2) is 5.62. The zero-order valence-corrected chi connectivity index (χ0v) is 14.5. The van der Waals surface area contributed by atoms with E-state index in [0.717, 1.165) is 25.9 Å². The Morgan fingerprint density at radius 3 is 2.36 bits per heavy atom. The van der Waals surface area contributed by atoms with Crippen LogP contribution in [0.5, 0.6) is 0 Å². The number of likely N-dealkylation sites (tertiary alicyclic amines) is 1. The van der Waals surface area contributed by atoms with Crippen LogP contribution in [-0.2, 0) is 15.4 Å². The molecule has 0 aliphatic carbocycles. The zero-order valence-electron chi connectivity index (χ0n) is 13.7. The van der Waals surface area contributed by atoms with E-state index in [1.165, 1.54) is 11.8 Å². The van der Waals surface area contributed by atoms with Crippen molar-refractivity contribution in [3.05, 3.63) is 35.9 Å². The molecule has 0 bridgehead atoms. The van der Waals surface area contributed by atoms with Crippen molar-refractivity contribution in [2.45, 2.75) is 44.2 Å². The Labute approximate surface area is 134 Å². The van der Waals surface area contributed by atoms with Crippen LogP contribution < -0.4 is 0 Å². The fraction of sp³-hybridized carbons (Fsp3) is 0.647. The molecule has 2 aliphatic rings. The van der Waals surface area contributed by atoms with Crippen molar-refractivity contribution in [3.8, 4) is 0 Å². The molecule has 3 rings (SSSR count). The summed E-state index contributed by atoms with van der Waals surface area (Å²) in [5.74, 6) is 0. The average Bonchev–Trinajstić information content (AvgIpc) is 2.87. The van der Waals surface area contributed by atoms with Gasteiger partial charge in [-0.15, -0.1) is 0 Å². The summed E-state index contributed by atoms with van der Waals surface area (Å²) in [5, 5.41) is 0. The largest absolute Gasteiger partial charge is 0.299 e. The van der Waals surface area contributed by atoms with Crippen molar-refractivity contribution in [3.63, 3.8) is 0 Å². The molecule has 22 heavy (non-hydrogen) atoms. The van der Waals surface area contributed by atoms with Gasteiger partial charge >= 0.3 is 0 Å². The Kier molecular flexibility index (Phi) is 4.08. The second-order valence-corrected chi connectivity index (χ2v) is 8.94. The summed E-state index contributed by atoms with van der Waals surface area (Å²) in [6.45, 7) is 6.90. The molecule has 1 aromatic rings. The molecule has 0 unspecified atom stereocenters. The molecule has 2 heterocycles. The lowest BCUT2D eigenvalue weighted by atomic mass is 9.69. The van der Waals surface area contributed by atoms with Gasteiger partial charge in [0.05, 0.1) is 6.26 Å². The van der Waals surface area contributed by atoms with Crippen LogP contribution >= 0.6 is 0 Å². The number of sulfonamides is 1. The lowest BCUT2D eigenvalue weighted by molar-refractivity contribution is 0.0923. The molecule has 2 atom stereocenters. The lowest BCUT2D eigenvalue weighted by Gasteiger charge is -2.47. The van der Waals surface area contributed by atoms with Gasteiger partial charge in [-0.3, -0.25) is 4.90 Å². The van der Waals surface area contributed by atoms with Gasteiger partial charge in [-0.2, -0.15) is 4.31 Å². The summed E-state index contributed by atoms with van der Waals surface area (Å²) in [5.41, 5.74) is 1.28. The number of hydrogen-bond donors (Lipinski definition) is 0. The number of fused-ring (bicyclic) bond motifs is 1. The fourth-order valence-corrected chi connectivity index (χ4v) is 5.39. The van der Waals surface area contributed by atoms with Gasteiger partial charge in [-0.25, -0.2) is 8.42 Å². The molecule has 0 amide bonds. The lowest BCUT2D eigenvalue weighted by Crippen LogP contribution is -2.57. The van der Waals surface area contributed by atoms with Crippen LogP contribution in [0.4, 0.5) is 0 Å². The maximum atomic E-state index is 12.2. The highest BCUT2D eigenvalue weighted by atomic mass is 32.2. The zero-order chi connectivity index (χ0) is 16.0. The highest BCUT2D eigenvalue weighted by Gasteiger charge is 2.53. The van der Waals surface area contributed by atoms with Crippen molar-refractivity contribution in [1.82, 2.24) is 9.21 Å². The maximum Gasteiger partial charge on any atom is 0.211 e. The number of hydrogen-bond acceptors (Lipinski definition) is 3. The van der Waals surface area contributed by atoms with Gasteiger partial charge in [-0.1, -0.05) is 30.3 Å². The van der Waals surface area contributed by atoms with Gasteiger partial charge in [0.15, 0.2) is 0 Å². The first kappa shape index (κ1) is 16.0. The molecule has 122 valence electrons. The minimum atomic E-state index is -3.16. The van der Waals surface area contributed by atoms with E-state index in [0.29, 0.717) is 12.6 Å². The van der Waals surface area contributed by atoms with Crippen LogP contribution in [0.15, 0.2) is 30.3 Å². The van der Waals surface area contributed by atoms with Crippen molar-refractivity contribution < 1.29 is 8.42 Å². The Morgan fingerprint density at radius 1 is 1.14 bits per heavy atom. The third-order valence-electron chi connectivity index (χ3n) is 5.52. The Hall–Kier alpha value is -0.910. The van der Waals surface area contributed by atoms with Gasteiger partial charge in [0, 0.05) is 30.6 Å². The molecule has 2 saturated heterocycles. The average molecular weight is 322 g/mol. The monoisotopic (exact) mass is 322 g/mol. The smallest absolute Gasteiger partial charge is 0.211 e. The number of nitrogens with zero attached hydrogens (tertiary/aromatic N) is 2. The normalized spacial score (nSPS) is 30.6. The fourth-order valence-electron chi connectivity index (χ4n) is 4.24. The molecular formula is C17H26N2O2S. The summed E-state index contributed by atoms with van der Waals surface area (Å²) in [7, 11) is -3.16. The SMILES string of the molecule is CC(C)N1CC[C@@]2(c3ccccc3)CCN(S(C)(=O)=O)[C@H]2C1. The Bertz CT molecular complexity index is 629. The van der Waals surface area contributed by atoms with Crippen molar-refractivity contribution in [2.75, 3.05) is 25.9 Å². The molecule has 1 aromatic carbocycles. The predicted octanol–water partition coefficient (Wildman–Crippen LogP) is 2.07. The van der Waals surface area contributed by atoms with Crippen molar-refractivity contribution >= 4 is 10.0 Å². The van der Waals surface area contributed by atoms with Crippen LogP contribution in [0.25, 0.3) is 0 Å². The molecule has 2 fully saturated rings. The molecule has 0 aromatic heterocycles. The number of rotatable bonds is 3. The van der Waals surface area contributed by atoms with Gasteiger partial charge in [0.1, 0.15) is 0 Å². The molecule has 4 nitrogen and oxygen atoms in total. The Balaban J connectivity index is 2.02. The first-order chi connectivity index (χ1) is 10.3. The molecular weight excluding hydrogens is 296 g/mol. The minimum absolute atomic E-state index is 0.0181. The molecule has 0 radical (unpaired) electrons. The van der Waals surface area contributed by atoms with E-state index < -0.39 is 10.0 Å². The standard InChI is InChI=1S/C17H26N2O2S/c1-14(2)18-11-9-17(15-7-5-4-6-8-15)10-12-19(16(17)13-18)22(3,20)21/h4-8,14,16H,9-13H2,1-3H3/t16-,17-/m0/s1. The van der Waals surface area contributed by atoms with Crippen LogP contribution in [-0.4, -0.2) is 55.6 Å². The topological polar surface area (TPSA) is 40.6 Å². The highest BCUT2D eigenvalue weighted by molar-refractivity contribution is 7.88. The first-order valence-corrected chi connectivity index (χ1v) is 9.96. The third kappa shape index (κ3) is 2.59. The maximum absolute atomic E-state index is 12.2. The van der Waals surface area contributed by atoms with E-state index in [2.05, 4.69) is 43.0 Å². The summed E-state index contributed by atoms with van der Waals surface area (Å²) >= 11 is 0. The summed E-state index contributed by atoms with van der Waals surface area (Å²) in [6, 6.07) is 11.0. The van der Waals surface area contributed by atoms with Crippen molar-refractivity contribution in [2.24, 2.45) is 0 Å². The van der Waals surface area contributed by atoms with E-state index in [1.807, 2.05) is 6.07 Å². The van der Waals surface area contributed by atoms with Crippen LogP contribution in [0, 0.1) is 0 Å². The predicted molar refractivity (Wildman–Crippen MR) is 89.4 cm³/mol. The second-order valence-electron chi connectivity index (χ2n) is 7.00. The van der Waals surface area contributed by atoms with Crippen LogP contribution in [0.2, 0.25) is 0 Å². The van der Waals surface area contributed by atoms with E-state index in [4.69, 9.17) is 0 Å². The molecule has 0 saturated carbocycles.